The molecule has 1 N–H and O–H groups in total. The predicted octanol–water partition coefficient (Wildman–Crippen LogP) is 3.33. The van der Waals surface area contributed by atoms with E-state index in [4.69, 9.17) is 11.6 Å². The molecule has 1 unspecified atom stereocenters. The van der Waals surface area contributed by atoms with Gasteiger partial charge in [-0.2, -0.15) is 0 Å². The summed E-state index contributed by atoms with van der Waals surface area (Å²) in [6.45, 7) is 0. The van der Waals surface area contributed by atoms with Crippen molar-refractivity contribution in [3.05, 3.63) is 47.2 Å². The Bertz CT molecular complexity index is 948. The summed E-state index contributed by atoms with van der Waals surface area (Å²) < 4.78 is 13.3. The van der Waals surface area contributed by atoms with Gasteiger partial charge in [0.1, 0.15) is 5.15 Å². The molecule has 0 fully saturated rings. The summed E-state index contributed by atoms with van der Waals surface area (Å²) in [5.41, 5.74) is 2.35. The number of halogens is 1. The highest BCUT2D eigenvalue weighted by molar-refractivity contribution is 7.84. The highest BCUT2D eigenvalue weighted by atomic mass is 35.5. The van der Waals surface area contributed by atoms with Gasteiger partial charge < -0.3 is 9.67 Å². The van der Waals surface area contributed by atoms with E-state index in [9.17, 15) is 14.1 Å². The number of rotatable bonds is 3. The number of carboxylic acids is 1. The molecule has 0 amide bonds. The molecule has 2 aromatic heterocycles. The molecular formula is C16H13ClN2O3S. The van der Waals surface area contributed by atoms with Crippen LogP contribution in [0, 0.1) is 0 Å². The maximum atomic E-state index is 11.5. The van der Waals surface area contributed by atoms with Crippen LogP contribution in [0.1, 0.15) is 10.5 Å². The van der Waals surface area contributed by atoms with Gasteiger partial charge in [0.15, 0.2) is 5.69 Å². The van der Waals surface area contributed by atoms with Crippen LogP contribution in [0.15, 0.2) is 41.3 Å². The van der Waals surface area contributed by atoms with E-state index in [0.29, 0.717) is 10.9 Å². The molecule has 0 spiro atoms. The standard InChI is InChI=1S/C16H13ClN2O3S/c1-19-12(9-3-5-10(6-4-9)23(2)22)7-11-13(19)8-14(17)18-15(11)16(20)21/h3-8H,1-2H3,(H,20,21). The average Bonchev–Trinajstić information content (AvgIpc) is 2.83. The topological polar surface area (TPSA) is 72.2 Å². The number of aromatic nitrogens is 2. The second-order valence-electron chi connectivity index (χ2n) is 5.10. The summed E-state index contributed by atoms with van der Waals surface area (Å²) in [7, 11) is 0.800. The molecule has 0 saturated heterocycles. The van der Waals surface area contributed by atoms with Crippen LogP contribution in [0.4, 0.5) is 0 Å². The summed E-state index contributed by atoms with van der Waals surface area (Å²) in [6.07, 6.45) is 1.62. The van der Waals surface area contributed by atoms with Crippen molar-refractivity contribution in [2.45, 2.75) is 4.90 Å². The predicted molar refractivity (Wildman–Crippen MR) is 90.5 cm³/mol. The van der Waals surface area contributed by atoms with Gasteiger partial charge >= 0.3 is 5.97 Å². The highest BCUT2D eigenvalue weighted by Crippen LogP contribution is 2.30. The van der Waals surface area contributed by atoms with Gasteiger partial charge in [0.05, 0.1) is 5.52 Å². The fraction of sp³-hybridized carbons (Fsp3) is 0.125. The number of nitrogens with zero attached hydrogens (tertiary/aromatic N) is 2. The maximum Gasteiger partial charge on any atom is 0.355 e. The van der Waals surface area contributed by atoms with Gasteiger partial charge in [-0.25, -0.2) is 9.78 Å². The Hall–Kier alpha value is -2.18. The molecule has 1 aromatic carbocycles. The molecule has 0 aliphatic rings. The number of pyridine rings is 1. The minimum atomic E-state index is -1.12. The Kier molecular flexibility index (Phi) is 3.95. The van der Waals surface area contributed by atoms with Crippen molar-refractivity contribution in [1.29, 1.82) is 0 Å². The first-order chi connectivity index (χ1) is 10.9. The van der Waals surface area contributed by atoms with Gasteiger partial charge in [-0.1, -0.05) is 23.7 Å². The van der Waals surface area contributed by atoms with Crippen molar-refractivity contribution in [2.75, 3.05) is 6.26 Å². The van der Waals surface area contributed by atoms with Gasteiger partial charge in [-0.3, -0.25) is 4.21 Å². The highest BCUT2D eigenvalue weighted by Gasteiger charge is 2.17. The minimum absolute atomic E-state index is 0.0689. The number of aryl methyl sites for hydroxylation is 1. The molecule has 3 aromatic rings. The molecule has 2 heterocycles. The zero-order chi connectivity index (χ0) is 16.7. The second-order valence-corrected chi connectivity index (χ2v) is 6.87. The van der Waals surface area contributed by atoms with Crippen molar-refractivity contribution in [1.82, 2.24) is 9.55 Å². The van der Waals surface area contributed by atoms with E-state index in [1.165, 1.54) is 0 Å². The van der Waals surface area contributed by atoms with Gasteiger partial charge in [-0.15, -0.1) is 0 Å². The van der Waals surface area contributed by atoms with Crippen molar-refractivity contribution in [3.63, 3.8) is 0 Å². The normalized spacial score (nSPS) is 12.5. The van der Waals surface area contributed by atoms with Gasteiger partial charge in [0.25, 0.3) is 0 Å². The van der Waals surface area contributed by atoms with Gasteiger partial charge in [0, 0.05) is 40.1 Å². The Morgan fingerprint density at radius 2 is 1.91 bits per heavy atom. The van der Waals surface area contributed by atoms with E-state index in [1.807, 2.05) is 23.7 Å². The molecule has 7 heteroatoms. The number of carboxylic acid groups (broad SMARTS) is 1. The zero-order valence-corrected chi connectivity index (χ0v) is 14.0. The molecule has 0 saturated carbocycles. The van der Waals surface area contributed by atoms with Gasteiger partial charge in [-0.05, 0) is 29.8 Å². The largest absolute Gasteiger partial charge is 0.476 e. The molecular weight excluding hydrogens is 336 g/mol. The lowest BCUT2D eigenvalue weighted by Crippen LogP contribution is -2.01. The van der Waals surface area contributed by atoms with Crippen LogP contribution < -0.4 is 0 Å². The van der Waals surface area contributed by atoms with Crippen molar-refractivity contribution < 1.29 is 14.1 Å². The molecule has 0 aliphatic carbocycles. The van der Waals surface area contributed by atoms with E-state index >= 15 is 0 Å². The Balaban J connectivity index is 2.22. The molecule has 5 nitrogen and oxygen atoms in total. The molecule has 23 heavy (non-hydrogen) atoms. The lowest BCUT2D eigenvalue weighted by molar-refractivity contribution is 0.0693. The first-order valence-corrected chi connectivity index (χ1v) is 8.65. The van der Waals surface area contributed by atoms with Crippen LogP contribution in [0.3, 0.4) is 0 Å². The summed E-state index contributed by atoms with van der Waals surface area (Å²) in [6, 6.07) is 10.7. The van der Waals surface area contributed by atoms with Crippen LogP contribution in [0.5, 0.6) is 0 Å². The molecule has 0 aliphatic heterocycles. The van der Waals surface area contributed by atoms with E-state index in [2.05, 4.69) is 4.98 Å². The Labute approximate surface area is 140 Å². The van der Waals surface area contributed by atoms with Crippen LogP contribution in [-0.2, 0) is 17.8 Å². The van der Waals surface area contributed by atoms with Crippen molar-refractivity contribution in [3.8, 4) is 11.3 Å². The van der Waals surface area contributed by atoms with Crippen LogP contribution >= 0.6 is 11.6 Å². The molecule has 1 atom stereocenters. The Morgan fingerprint density at radius 3 is 2.48 bits per heavy atom. The lowest BCUT2D eigenvalue weighted by atomic mass is 10.1. The number of carbonyl (C=O) groups is 1. The number of aromatic carboxylic acids is 1. The molecule has 118 valence electrons. The lowest BCUT2D eigenvalue weighted by Gasteiger charge is -2.05. The summed E-state index contributed by atoms with van der Waals surface area (Å²) in [5.74, 6) is -1.12. The summed E-state index contributed by atoms with van der Waals surface area (Å²) in [4.78, 5) is 16.0. The third-order valence-corrected chi connectivity index (χ3v) is 4.82. The van der Waals surface area contributed by atoms with Crippen LogP contribution in [-0.4, -0.2) is 31.1 Å². The van der Waals surface area contributed by atoms with Crippen LogP contribution in [0.2, 0.25) is 5.15 Å². The third-order valence-electron chi connectivity index (χ3n) is 3.69. The van der Waals surface area contributed by atoms with Gasteiger partial charge in [0.2, 0.25) is 0 Å². The first kappa shape index (κ1) is 15.7. The molecule has 0 radical (unpaired) electrons. The van der Waals surface area contributed by atoms with Crippen LogP contribution in [0.25, 0.3) is 22.2 Å². The van der Waals surface area contributed by atoms with E-state index in [0.717, 1.165) is 16.2 Å². The SMILES string of the molecule is Cn1c(-c2ccc(S(C)=O)cc2)cc2c(C(=O)O)nc(Cl)cc21. The van der Waals surface area contributed by atoms with E-state index < -0.39 is 16.8 Å². The minimum Gasteiger partial charge on any atom is -0.476 e. The fourth-order valence-corrected chi connectivity index (χ4v) is 3.26. The summed E-state index contributed by atoms with van der Waals surface area (Å²) in [5, 5.41) is 9.98. The first-order valence-electron chi connectivity index (χ1n) is 6.71. The second kappa shape index (κ2) is 5.79. The van der Waals surface area contributed by atoms with Crippen molar-refractivity contribution >= 4 is 39.3 Å². The average molecular weight is 349 g/mol. The quantitative estimate of drug-likeness (QED) is 0.737. The van der Waals surface area contributed by atoms with E-state index in [-0.39, 0.29) is 10.8 Å². The monoisotopic (exact) mass is 348 g/mol. The number of hydrogen-bond donors (Lipinski definition) is 1. The molecule has 0 bridgehead atoms. The number of benzene rings is 1. The number of hydrogen-bond acceptors (Lipinski definition) is 3. The maximum absolute atomic E-state index is 11.5. The fourth-order valence-electron chi connectivity index (χ4n) is 2.55. The smallest absolute Gasteiger partial charge is 0.355 e. The Morgan fingerprint density at radius 1 is 1.26 bits per heavy atom. The summed E-state index contributed by atoms with van der Waals surface area (Å²) >= 11 is 5.93. The van der Waals surface area contributed by atoms with E-state index in [1.54, 1.807) is 30.5 Å². The zero-order valence-electron chi connectivity index (χ0n) is 12.4. The van der Waals surface area contributed by atoms with Crippen molar-refractivity contribution in [2.24, 2.45) is 7.05 Å². The third kappa shape index (κ3) is 2.75. The number of fused-ring (bicyclic) bond motifs is 1. The molecule has 3 rings (SSSR count).